The summed E-state index contributed by atoms with van der Waals surface area (Å²) < 4.78 is 5.40. The molecule has 0 fully saturated rings. The number of aryl methyl sites for hydroxylation is 1. The van der Waals surface area contributed by atoms with Gasteiger partial charge in [0.1, 0.15) is 5.75 Å². The fourth-order valence-corrected chi connectivity index (χ4v) is 1.73. The molecule has 1 amide bonds. The first-order valence-corrected chi connectivity index (χ1v) is 7.13. The number of carbonyl (C=O) groups excluding carboxylic acids is 1. The number of benzene rings is 1. The average molecular weight is 276 g/mol. The van der Waals surface area contributed by atoms with Gasteiger partial charge in [-0.25, -0.2) is 5.43 Å². The Kier molecular flexibility index (Phi) is 7.40. The highest BCUT2D eigenvalue weighted by Crippen LogP contribution is 2.11. The van der Waals surface area contributed by atoms with Crippen LogP contribution in [0.1, 0.15) is 45.1 Å². The number of unbranched alkanes of at least 4 members (excludes halogenated alkanes) is 2. The minimum Gasteiger partial charge on any atom is -0.484 e. The molecule has 0 spiro atoms. The van der Waals surface area contributed by atoms with Gasteiger partial charge >= 0.3 is 0 Å². The van der Waals surface area contributed by atoms with E-state index in [1.54, 1.807) is 0 Å². The topological polar surface area (TPSA) is 50.7 Å². The molecule has 0 bridgehead atoms. The van der Waals surface area contributed by atoms with E-state index in [1.807, 2.05) is 38.1 Å². The molecule has 0 radical (unpaired) electrons. The standard InChI is InChI=1S/C16H24N2O2/c1-4-5-6-9-14(3)17-18-16(19)12-20-15-10-7-8-13(2)11-15/h7-8,10-11H,4-6,9,12H2,1-3H3,(H,18,19)/b17-14+. The van der Waals surface area contributed by atoms with Crippen molar-refractivity contribution >= 4 is 11.6 Å². The maximum atomic E-state index is 11.6. The Morgan fingerprint density at radius 1 is 1.35 bits per heavy atom. The molecule has 4 heteroatoms. The van der Waals surface area contributed by atoms with Crippen molar-refractivity contribution in [2.24, 2.45) is 5.10 Å². The number of hydrazone groups is 1. The van der Waals surface area contributed by atoms with Gasteiger partial charge in [0.05, 0.1) is 0 Å². The second-order valence-electron chi connectivity index (χ2n) is 4.94. The molecule has 0 atom stereocenters. The maximum absolute atomic E-state index is 11.6. The second-order valence-corrected chi connectivity index (χ2v) is 4.94. The maximum Gasteiger partial charge on any atom is 0.277 e. The summed E-state index contributed by atoms with van der Waals surface area (Å²) in [5.41, 5.74) is 4.57. The van der Waals surface area contributed by atoms with Gasteiger partial charge in [0.2, 0.25) is 0 Å². The van der Waals surface area contributed by atoms with E-state index in [0.29, 0.717) is 5.75 Å². The molecular formula is C16H24N2O2. The zero-order chi connectivity index (χ0) is 14.8. The van der Waals surface area contributed by atoms with Crippen LogP contribution in [0.15, 0.2) is 29.4 Å². The van der Waals surface area contributed by atoms with Crippen molar-refractivity contribution < 1.29 is 9.53 Å². The largest absolute Gasteiger partial charge is 0.484 e. The van der Waals surface area contributed by atoms with E-state index >= 15 is 0 Å². The predicted molar refractivity (Wildman–Crippen MR) is 82.1 cm³/mol. The lowest BCUT2D eigenvalue weighted by atomic mass is 10.1. The first kappa shape index (κ1) is 16.2. The van der Waals surface area contributed by atoms with Crippen molar-refractivity contribution in [2.75, 3.05) is 6.61 Å². The summed E-state index contributed by atoms with van der Waals surface area (Å²) >= 11 is 0. The van der Waals surface area contributed by atoms with Gasteiger partial charge in [-0.3, -0.25) is 4.79 Å². The molecule has 1 aromatic rings. The normalized spacial score (nSPS) is 11.2. The lowest BCUT2D eigenvalue weighted by Crippen LogP contribution is -2.25. The summed E-state index contributed by atoms with van der Waals surface area (Å²) in [6, 6.07) is 7.61. The van der Waals surface area contributed by atoms with Crippen LogP contribution < -0.4 is 10.2 Å². The lowest BCUT2D eigenvalue weighted by Gasteiger charge is -2.06. The zero-order valence-electron chi connectivity index (χ0n) is 12.6. The van der Waals surface area contributed by atoms with Crippen LogP contribution in [0.25, 0.3) is 0 Å². The molecule has 0 heterocycles. The second kappa shape index (κ2) is 9.13. The van der Waals surface area contributed by atoms with E-state index < -0.39 is 0 Å². The van der Waals surface area contributed by atoms with E-state index in [2.05, 4.69) is 17.5 Å². The van der Waals surface area contributed by atoms with E-state index in [-0.39, 0.29) is 12.5 Å². The fourth-order valence-electron chi connectivity index (χ4n) is 1.73. The summed E-state index contributed by atoms with van der Waals surface area (Å²) in [7, 11) is 0. The van der Waals surface area contributed by atoms with Crippen molar-refractivity contribution in [3.63, 3.8) is 0 Å². The van der Waals surface area contributed by atoms with Gasteiger partial charge in [-0.2, -0.15) is 5.10 Å². The third-order valence-corrected chi connectivity index (χ3v) is 2.87. The van der Waals surface area contributed by atoms with Gasteiger partial charge in [-0.15, -0.1) is 0 Å². The third kappa shape index (κ3) is 6.92. The van der Waals surface area contributed by atoms with Gasteiger partial charge in [0.25, 0.3) is 5.91 Å². The van der Waals surface area contributed by atoms with Crippen LogP contribution in [-0.4, -0.2) is 18.2 Å². The van der Waals surface area contributed by atoms with Crippen LogP contribution >= 0.6 is 0 Å². The predicted octanol–water partition coefficient (Wildman–Crippen LogP) is 3.45. The molecule has 0 unspecified atom stereocenters. The highest BCUT2D eigenvalue weighted by molar-refractivity contribution is 5.84. The number of nitrogens with zero attached hydrogens (tertiary/aromatic N) is 1. The first-order chi connectivity index (χ1) is 9.61. The molecule has 4 nitrogen and oxygen atoms in total. The van der Waals surface area contributed by atoms with Crippen molar-refractivity contribution in [3.05, 3.63) is 29.8 Å². The van der Waals surface area contributed by atoms with Crippen LogP contribution in [-0.2, 0) is 4.79 Å². The quantitative estimate of drug-likeness (QED) is 0.449. The van der Waals surface area contributed by atoms with Crippen molar-refractivity contribution in [2.45, 2.75) is 46.5 Å². The van der Waals surface area contributed by atoms with E-state index in [0.717, 1.165) is 24.1 Å². The molecule has 1 N–H and O–H groups in total. The molecule has 0 aliphatic heterocycles. The number of carbonyl (C=O) groups is 1. The molecule has 0 aromatic heterocycles. The van der Waals surface area contributed by atoms with Crippen molar-refractivity contribution in [3.8, 4) is 5.75 Å². The Morgan fingerprint density at radius 3 is 2.85 bits per heavy atom. The van der Waals surface area contributed by atoms with Gasteiger partial charge < -0.3 is 4.74 Å². The lowest BCUT2D eigenvalue weighted by molar-refractivity contribution is -0.123. The smallest absolute Gasteiger partial charge is 0.277 e. The molecule has 0 aliphatic carbocycles. The number of ether oxygens (including phenoxy) is 1. The Hall–Kier alpha value is -1.84. The number of amides is 1. The highest BCUT2D eigenvalue weighted by Gasteiger charge is 2.02. The Morgan fingerprint density at radius 2 is 2.15 bits per heavy atom. The van der Waals surface area contributed by atoms with Crippen LogP contribution in [0.3, 0.4) is 0 Å². The molecule has 110 valence electrons. The van der Waals surface area contributed by atoms with Crippen molar-refractivity contribution in [1.82, 2.24) is 5.43 Å². The Labute approximate surface area is 121 Å². The highest BCUT2D eigenvalue weighted by atomic mass is 16.5. The monoisotopic (exact) mass is 276 g/mol. The van der Waals surface area contributed by atoms with E-state index in [9.17, 15) is 4.79 Å². The van der Waals surface area contributed by atoms with Crippen LogP contribution in [0, 0.1) is 6.92 Å². The molecule has 20 heavy (non-hydrogen) atoms. The van der Waals surface area contributed by atoms with Gasteiger partial charge in [-0.1, -0.05) is 31.9 Å². The van der Waals surface area contributed by atoms with Gasteiger partial charge in [-0.05, 0) is 44.4 Å². The summed E-state index contributed by atoms with van der Waals surface area (Å²) in [5, 5.41) is 4.06. The first-order valence-electron chi connectivity index (χ1n) is 7.13. The SMILES string of the molecule is CCCCC/C(C)=N/NC(=O)COc1cccc(C)c1. The van der Waals surface area contributed by atoms with E-state index in [4.69, 9.17) is 4.74 Å². The van der Waals surface area contributed by atoms with Crippen LogP contribution in [0.5, 0.6) is 5.75 Å². The number of hydrogen-bond acceptors (Lipinski definition) is 3. The summed E-state index contributed by atoms with van der Waals surface area (Å²) in [5.74, 6) is 0.463. The van der Waals surface area contributed by atoms with Gasteiger partial charge in [0.15, 0.2) is 6.61 Å². The Balaban J connectivity index is 2.28. The van der Waals surface area contributed by atoms with E-state index in [1.165, 1.54) is 12.8 Å². The van der Waals surface area contributed by atoms with Crippen LogP contribution in [0.2, 0.25) is 0 Å². The molecule has 1 aromatic carbocycles. The number of hydrogen-bond donors (Lipinski definition) is 1. The molecule has 0 aliphatic rings. The summed E-state index contributed by atoms with van der Waals surface area (Å²) in [6.07, 6.45) is 4.41. The van der Waals surface area contributed by atoms with Gasteiger partial charge in [0, 0.05) is 5.71 Å². The average Bonchev–Trinajstić information content (AvgIpc) is 2.43. The minimum atomic E-state index is -0.235. The zero-order valence-corrected chi connectivity index (χ0v) is 12.6. The summed E-state index contributed by atoms with van der Waals surface area (Å²) in [4.78, 5) is 11.6. The third-order valence-electron chi connectivity index (χ3n) is 2.87. The number of rotatable bonds is 8. The molecule has 1 rings (SSSR count). The minimum absolute atomic E-state index is 0.0187. The molecule has 0 saturated heterocycles. The van der Waals surface area contributed by atoms with Crippen LogP contribution in [0.4, 0.5) is 0 Å². The number of nitrogens with one attached hydrogen (secondary N) is 1. The van der Waals surface area contributed by atoms with Crippen molar-refractivity contribution in [1.29, 1.82) is 0 Å². The fraction of sp³-hybridized carbons (Fsp3) is 0.500. The molecule has 0 saturated carbocycles. The molecular weight excluding hydrogens is 252 g/mol. The summed E-state index contributed by atoms with van der Waals surface area (Å²) in [6.45, 7) is 6.06. The Bertz CT molecular complexity index is 456.